The van der Waals surface area contributed by atoms with Crippen molar-refractivity contribution >= 4 is 11.8 Å². The number of hydrogen-bond donors (Lipinski definition) is 1. The van der Waals surface area contributed by atoms with Crippen LogP contribution >= 0.6 is 0 Å². The Kier molecular flexibility index (Phi) is 4.00. The zero-order valence-electron chi connectivity index (χ0n) is 11.9. The molecule has 0 bridgehead atoms. The highest BCUT2D eigenvalue weighted by Crippen LogP contribution is 2.22. The molecule has 1 heterocycles. The number of imide groups is 1. The van der Waals surface area contributed by atoms with Gasteiger partial charge in [-0.2, -0.15) is 0 Å². The average Bonchev–Trinajstić information content (AvgIpc) is 2.79. The van der Waals surface area contributed by atoms with Crippen LogP contribution in [0.4, 0.5) is 0 Å². The summed E-state index contributed by atoms with van der Waals surface area (Å²) >= 11 is 0. The van der Waals surface area contributed by atoms with Crippen molar-refractivity contribution in [1.82, 2.24) is 4.90 Å². The molecule has 0 spiro atoms. The third-order valence-corrected chi connectivity index (χ3v) is 3.55. The van der Waals surface area contributed by atoms with Gasteiger partial charge in [0, 0.05) is 0 Å². The van der Waals surface area contributed by atoms with E-state index in [1.54, 1.807) is 24.3 Å². The van der Waals surface area contributed by atoms with Crippen LogP contribution < -0.4 is 5.73 Å². The van der Waals surface area contributed by atoms with E-state index < -0.39 is 6.23 Å². The van der Waals surface area contributed by atoms with Gasteiger partial charge in [-0.25, -0.2) is 0 Å². The summed E-state index contributed by atoms with van der Waals surface area (Å²) in [6, 6.07) is 16.4. The Bertz CT molecular complexity index is 665. The van der Waals surface area contributed by atoms with Crippen molar-refractivity contribution < 1.29 is 14.3 Å². The number of benzene rings is 2. The number of nitrogens with zero attached hydrogens (tertiary/aromatic N) is 1. The van der Waals surface area contributed by atoms with Crippen molar-refractivity contribution in [2.75, 3.05) is 6.54 Å². The minimum Gasteiger partial charge on any atom is -0.357 e. The van der Waals surface area contributed by atoms with Crippen molar-refractivity contribution in [2.45, 2.75) is 12.8 Å². The van der Waals surface area contributed by atoms with Gasteiger partial charge in [0.05, 0.1) is 24.3 Å². The molecule has 1 aliphatic heterocycles. The first-order valence-electron chi connectivity index (χ1n) is 7.03. The predicted octanol–water partition coefficient (Wildman–Crippen LogP) is 1.78. The largest absolute Gasteiger partial charge is 0.357 e. The van der Waals surface area contributed by atoms with E-state index in [9.17, 15) is 9.59 Å². The summed E-state index contributed by atoms with van der Waals surface area (Å²) < 4.78 is 5.52. The summed E-state index contributed by atoms with van der Waals surface area (Å²) in [7, 11) is 0. The molecule has 0 radical (unpaired) electrons. The topological polar surface area (TPSA) is 72.6 Å². The lowest BCUT2D eigenvalue weighted by Crippen LogP contribution is -2.42. The lowest BCUT2D eigenvalue weighted by atomic mass is 10.1. The fourth-order valence-corrected chi connectivity index (χ4v) is 2.42. The van der Waals surface area contributed by atoms with Crippen LogP contribution in [0.1, 0.15) is 26.3 Å². The molecule has 5 nitrogen and oxygen atoms in total. The van der Waals surface area contributed by atoms with Crippen LogP contribution in [0.15, 0.2) is 54.6 Å². The van der Waals surface area contributed by atoms with Gasteiger partial charge in [-0.3, -0.25) is 14.5 Å². The number of amides is 2. The monoisotopic (exact) mass is 296 g/mol. The van der Waals surface area contributed by atoms with E-state index in [1.807, 2.05) is 30.3 Å². The average molecular weight is 296 g/mol. The Morgan fingerprint density at radius 3 is 2.05 bits per heavy atom. The SMILES string of the molecule is NC(CN1C(=O)c2ccccc2C1=O)OCc1ccccc1. The number of rotatable bonds is 5. The summed E-state index contributed by atoms with van der Waals surface area (Å²) in [5.74, 6) is -0.640. The highest BCUT2D eigenvalue weighted by atomic mass is 16.5. The molecule has 2 amide bonds. The molecule has 2 aromatic carbocycles. The van der Waals surface area contributed by atoms with Gasteiger partial charge in [0.15, 0.2) is 0 Å². The Morgan fingerprint density at radius 1 is 0.909 bits per heavy atom. The predicted molar refractivity (Wildman–Crippen MR) is 81.0 cm³/mol. The number of ether oxygens (including phenoxy) is 1. The molecule has 1 atom stereocenters. The summed E-state index contributed by atoms with van der Waals surface area (Å²) in [4.78, 5) is 25.6. The molecule has 112 valence electrons. The normalized spacial score (nSPS) is 15.0. The zero-order chi connectivity index (χ0) is 15.5. The molecule has 0 fully saturated rings. The summed E-state index contributed by atoms with van der Waals surface area (Å²) in [6.07, 6.45) is -0.720. The fourth-order valence-electron chi connectivity index (χ4n) is 2.42. The van der Waals surface area contributed by atoms with Crippen LogP contribution in [-0.2, 0) is 11.3 Å². The van der Waals surface area contributed by atoms with Crippen LogP contribution in [0.25, 0.3) is 0 Å². The van der Waals surface area contributed by atoms with Gasteiger partial charge in [0.1, 0.15) is 6.23 Å². The molecule has 0 aliphatic carbocycles. The third kappa shape index (κ3) is 2.77. The van der Waals surface area contributed by atoms with Gasteiger partial charge >= 0.3 is 0 Å². The van der Waals surface area contributed by atoms with E-state index in [0.717, 1.165) is 10.5 Å². The highest BCUT2D eigenvalue weighted by molar-refractivity contribution is 6.21. The van der Waals surface area contributed by atoms with E-state index in [-0.39, 0.29) is 18.4 Å². The number of nitrogens with two attached hydrogens (primary N) is 1. The van der Waals surface area contributed by atoms with E-state index in [0.29, 0.717) is 17.7 Å². The maximum absolute atomic E-state index is 12.2. The molecule has 1 unspecified atom stereocenters. The van der Waals surface area contributed by atoms with Gasteiger partial charge in [0.2, 0.25) is 0 Å². The molecule has 1 aliphatic rings. The first kappa shape index (κ1) is 14.4. The van der Waals surface area contributed by atoms with E-state index in [1.165, 1.54) is 0 Å². The van der Waals surface area contributed by atoms with Crippen molar-refractivity contribution in [1.29, 1.82) is 0 Å². The van der Waals surface area contributed by atoms with E-state index in [2.05, 4.69) is 0 Å². The summed E-state index contributed by atoms with van der Waals surface area (Å²) in [6.45, 7) is 0.379. The molecule has 22 heavy (non-hydrogen) atoms. The molecule has 0 aromatic heterocycles. The standard InChI is InChI=1S/C17H16N2O3/c18-15(22-11-12-6-2-1-3-7-12)10-19-16(20)13-8-4-5-9-14(13)17(19)21/h1-9,15H,10-11,18H2. The van der Waals surface area contributed by atoms with Gasteiger partial charge in [0.25, 0.3) is 11.8 Å². The van der Waals surface area contributed by atoms with Crippen molar-refractivity contribution in [2.24, 2.45) is 5.73 Å². The molecule has 5 heteroatoms. The Hall–Kier alpha value is -2.50. The van der Waals surface area contributed by atoms with Crippen molar-refractivity contribution in [3.63, 3.8) is 0 Å². The maximum Gasteiger partial charge on any atom is 0.261 e. The Morgan fingerprint density at radius 2 is 1.45 bits per heavy atom. The van der Waals surface area contributed by atoms with Crippen molar-refractivity contribution in [3.8, 4) is 0 Å². The lowest BCUT2D eigenvalue weighted by molar-refractivity contribution is 0.0195. The van der Waals surface area contributed by atoms with Gasteiger partial charge in [-0.1, -0.05) is 42.5 Å². The Balaban J connectivity index is 1.62. The first-order valence-corrected chi connectivity index (χ1v) is 7.03. The van der Waals surface area contributed by atoms with E-state index in [4.69, 9.17) is 10.5 Å². The quantitative estimate of drug-likeness (QED) is 0.674. The minimum absolute atomic E-state index is 0.0409. The number of carbonyl (C=O) groups excluding carboxylic acids is 2. The molecular weight excluding hydrogens is 280 g/mol. The number of fused-ring (bicyclic) bond motifs is 1. The fraction of sp³-hybridized carbons (Fsp3) is 0.176. The molecular formula is C17H16N2O3. The van der Waals surface area contributed by atoms with Gasteiger partial charge in [-0.05, 0) is 17.7 Å². The molecule has 0 saturated carbocycles. The second-order valence-electron chi connectivity index (χ2n) is 5.10. The molecule has 3 rings (SSSR count). The number of carbonyl (C=O) groups is 2. The lowest BCUT2D eigenvalue weighted by Gasteiger charge is -2.19. The van der Waals surface area contributed by atoms with E-state index >= 15 is 0 Å². The first-order chi connectivity index (χ1) is 10.7. The van der Waals surface area contributed by atoms with Crippen LogP contribution in [0.5, 0.6) is 0 Å². The highest BCUT2D eigenvalue weighted by Gasteiger charge is 2.35. The molecule has 0 saturated heterocycles. The maximum atomic E-state index is 12.2. The Labute approximate surface area is 128 Å². The summed E-state index contributed by atoms with van der Waals surface area (Å²) in [5, 5.41) is 0. The van der Waals surface area contributed by atoms with Crippen LogP contribution in [0.3, 0.4) is 0 Å². The zero-order valence-corrected chi connectivity index (χ0v) is 11.9. The smallest absolute Gasteiger partial charge is 0.261 e. The van der Waals surface area contributed by atoms with Crippen molar-refractivity contribution in [3.05, 3.63) is 71.3 Å². The minimum atomic E-state index is -0.720. The van der Waals surface area contributed by atoms with Crippen LogP contribution in [-0.4, -0.2) is 29.5 Å². The van der Waals surface area contributed by atoms with Crippen LogP contribution in [0.2, 0.25) is 0 Å². The second kappa shape index (κ2) is 6.09. The van der Waals surface area contributed by atoms with Crippen LogP contribution in [0, 0.1) is 0 Å². The molecule has 2 aromatic rings. The van der Waals surface area contributed by atoms with Gasteiger partial charge in [-0.15, -0.1) is 0 Å². The second-order valence-corrected chi connectivity index (χ2v) is 5.10. The van der Waals surface area contributed by atoms with Gasteiger partial charge < -0.3 is 10.5 Å². The molecule has 2 N–H and O–H groups in total. The summed E-state index contributed by atoms with van der Waals surface area (Å²) in [5.41, 5.74) is 7.72. The number of hydrogen-bond acceptors (Lipinski definition) is 4. The third-order valence-electron chi connectivity index (χ3n) is 3.55.